The highest BCUT2D eigenvalue weighted by Gasteiger charge is 2.69. The van der Waals surface area contributed by atoms with Crippen LogP contribution in [0.1, 0.15) is 0 Å². The molecular weight excluding hydrogens is 156 g/mol. The summed E-state index contributed by atoms with van der Waals surface area (Å²) in [4.78, 5) is 0. The molecule has 3 heteroatoms. The molecule has 10 heavy (non-hydrogen) atoms. The molecule has 0 amide bonds. The van der Waals surface area contributed by atoms with Crippen molar-refractivity contribution >= 4 is 17.1 Å². The molecule has 0 aromatic rings. The zero-order chi connectivity index (χ0) is 6.77. The van der Waals surface area contributed by atoms with Crippen molar-refractivity contribution in [2.24, 2.45) is 0 Å². The van der Waals surface area contributed by atoms with Crippen LogP contribution in [-0.4, -0.2) is 24.2 Å². The second-order valence-electron chi connectivity index (χ2n) is 3.28. The monoisotopic (exact) mass is 165 g/mol. The Bertz CT molecular complexity index is 222. The number of hydrogen-bond acceptors (Lipinski definition) is 1. The van der Waals surface area contributed by atoms with Crippen molar-refractivity contribution in [3.8, 4) is 0 Å². The fourth-order valence-corrected chi connectivity index (χ4v) is 13.4. The molecule has 1 spiro atoms. The molecule has 2 atom stereocenters. The maximum atomic E-state index is 5.48. The summed E-state index contributed by atoms with van der Waals surface area (Å²) in [6.07, 6.45) is 4.76. The Labute approximate surface area is 63.1 Å². The average Bonchev–Trinajstić information content (AvgIpc) is 1.81. The normalized spacial score (nSPS) is 54.1. The summed E-state index contributed by atoms with van der Waals surface area (Å²) >= 11 is 0. The van der Waals surface area contributed by atoms with E-state index in [4.69, 9.17) is 4.43 Å². The van der Waals surface area contributed by atoms with Crippen molar-refractivity contribution in [1.29, 1.82) is 0 Å². The summed E-state index contributed by atoms with van der Waals surface area (Å²) in [7, 11) is 0.671. The van der Waals surface area contributed by atoms with Crippen LogP contribution in [0.4, 0.5) is 0 Å². The highest BCUT2D eigenvalue weighted by Crippen LogP contribution is 2.63. The molecule has 0 aromatic carbocycles. The van der Waals surface area contributed by atoms with Crippen molar-refractivity contribution in [2.45, 2.75) is 10.3 Å². The molecule has 1 saturated heterocycles. The quantitative estimate of drug-likeness (QED) is 0.529. The summed E-state index contributed by atoms with van der Waals surface area (Å²) < 4.78 is 5.48. The number of allylic oxidation sites excluding steroid dienone is 2. The van der Waals surface area contributed by atoms with Gasteiger partial charge in [-0.1, -0.05) is 23.6 Å². The minimum absolute atomic E-state index is 0.388. The molecule has 1 radical (unpaired) electrons. The third-order valence-corrected chi connectivity index (χ3v) is 13.9. The van der Waals surface area contributed by atoms with Gasteiger partial charge in [0.15, 0.2) is 0 Å². The van der Waals surface area contributed by atoms with Crippen molar-refractivity contribution in [3.05, 3.63) is 23.6 Å². The van der Waals surface area contributed by atoms with E-state index in [2.05, 4.69) is 23.6 Å². The zero-order valence-electron chi connectivity index (χ0n) is 5.87. The molecule has 3 heterocycles. The fourth-order valence-electron chi connectivity index (χ4n) is 2.32. The van der Waals surface area contributed by atoms with Crippen molar-refractivity contribution in [1.82, 2.24) is 0 Å². The zero-order valence-corrected chi connectivity index (χ0v) is 7.87. The molecular formula is C7H9OSi2. The lowest BCUT2D eigenvalue weighted by molar-refractivity contribution is 0.407. The van der Waals surface area contributed by atoms with E-state index in [-0.39, 0.29) is 9.04 Å². The Kier molecular flexibility index (Phi) is 0.768. The van der Waals surface area contributed by atoms with Crippen LogP contribution in [0.5, 0.6) is 0 Å². The lowest BCUT2D eigenvalue weighted by Crippen LogP contribution is -2.71. The van der Waals surface area contributed by atoms with Crippen LogP contribution in [0.3, 0.4) is 0 Å². The average molecular weight is 165 g/mol. The molecule has 0 aromatic heterocycles. The van der Waals surface area contributed by atoms with Crippen LogP contribution in [0.25, 0.3) is 0 Å². The Morgan fingerprint density at radius 2 is 1.90 bits per heavy atom. The van der Waals surface area contributed by atoms with Crippen LogP contribution < -0.4 is 0 Å². The van der Waals surface area contributed by atoms with Crippen LogP contribution >= 0.6 is 0 Å². The van der Waals surface area contributed by atoms with Crippen LogP contribution in [0.15, 0.2) is 23.6 Å². The summed E-state index contributed by atoms with van der Waals surface area (Å²) in [6, 6.07) is 0. The highest BCUT2D eigenvalue weighted by molar-refractivity contribution is 7.18. The third kappa shape index (κ3) is 0.324. The van der Waals surface area contributed by atoms with Gasteiger partial charge in [0, 0.05) is 7.11 Å². The largest absolute Gasteiger partial charge is 0.419 e. The maximum Gasteiger partial charge on any atom is 0.220 e. The summed E-state index contributed by atoms with van der Waals surface area (Å²) in [6.45, 7) is 0. The number of hydrogen-bond donors (Lipinski definition) is 0. The fraction of sp³-hybridized carbons (Fsp3) is 0.429. The molecule has 0 aliphatic carbocycles. The second-order valence-corrected chi connectivity index (χ2v) is 10.8. The van der Waals surface area contributed by atoms with E-state index in [0.717, 1.165) is 10.3 Å². The van der Waals surface area contributed by atoms with Gasteiger partial charge in [-0.3, -0.25) is 0 Å². The van der Waals surface area contributed by atoms with Crippen molar-refractivity contribution in [2.75, 3.05) is 7.11 Å². The number of rotatable bonds is 1. The Hall–Kier alpha value is -0.126. The predicted octanol–water partition coefficient (Wildman–Crippen LogP) is 1.12. The van der Waals surface area contributed by atoms with Crippen LogP contribution in [-0.2, 0) is 4.43 Å². The minimum Gasteiger partial charge on any atom is -0.419 e. The Balaban J connectivity index is 2.00. The minimum atomic E-state index is -0.821. The van der Waals surface area contributed by atoms with Gasteiger partial charge in [-0.05, 0) is 10.3 Å². The molecule has 3 rings (SSSR count). The standard InChI is InChI=1S/C7H9OSi2/c1-8-9-6-2-4-10(6)5-3-7(9)10/h2-7H,1H3/t6-,7-,10?/m1/s1. The first-order chi connectivity index (χ1) is 4.88. The third-order valence-electron chi connectivity index (χ3n) is 3.08. The molecule has 51 valence electrons. The molecule has 0 N–H and O–H groups in total. The second kappa shape index (κ2) is 1.39. The van der Waals surface area contributed by atoms with Crippen LogP contribution in [0.2, 0.25) is 10.3 Å². The van der Waals surface area contributed by atoms with E-state index in [0.29, 0.717) is 0 Å². The first-order valence-corrected chi connectivity index (χ1v) is 7.55. The Morgan fingerprint density at radius 1 is 1.30 bits per heavy atom. The van der Waals surface area contributed by atoms with E-state index in [1.807, 2.05) is 7.11 Å². The van der Waals surface area contributed by atoms with Gasteiger partial charge in [-0.15, -0.1) is 0 Å². The maximum absolute atomic E-state index is 5.48. The SMILES string of the molecule is CO[Si]1[C@H]2C=C[Si]23C=C[C@H]13. The molecule has 0 unspecified atom stereocenters. The van der Waals surface area contributed by atoms with E-state index < -0.39 is 8.07 Å². The van der Waals surface area contributed by atoms with Gasteiger partial charge in [0.05, 0.1) is 0 Å². The van der Waals surface area contributed by atoms with Gasteiger partial charge in [-0.2, -0.15) is 0 Å². The van der Waals surface area contributed by atoms with Gasteiger partial charge in [-0.25, -0.2) is 0 Å². The smallest absolute Gasteiger partial charge is 0.220 e. The van der Waals surface area contributed by atoms with Crippen LogP contribution in [0, 0.1) is 0 Å². The van der Waals surface area contributed by atoms with E-state index in [1.165, 1.54) is 0 Å². The molecule has 0 saturated carbocycles. The van der Waals surface area contributed by atoms with Gasteiger partial charge < -0.3 is 4.43 Å². The summed E-state index contributed by atoms with van der Waals surface area (Å²) in [5.41, 5.74) is 4.96. The molecule has 3 aliphatic rings. The molecule has 3 aliphatic heterocycles. The molecule has 0 bridgehead atoms. The first kappa shape index (κ1) is 5.51. The van der Waals surface area contributed by atoms with Gasteiger partial charge in [0.25, 0.3) is 0 Å². The predicted molar refractivity (Wildman–Crippen MR) is 44.3 cm³/mol. The summed E-state index contributed by atoms with van der Waals surface area (Å²) in [5, 5.41) is 1.91. The van der Waals surface area contributed by atoms with Gasteiger partial charge in [0.1, 0.15) is 8.07 Å². The van der Waals surface area contributed by atoms with Gasteiger partial charge >= 0.3 is 0 Å². The molecule has 1 nitrogen and oxygen atoms in total. The lowest BCUT2D eigenvalue weighted by atomic mass is 10.6. The molecule has 1 fully saturated rings. The Morgan fingerprint density at radius 3 is 2.10 bits per heavy atom. The summed E-state index contributed by atoms with van der Waals surface area (Å²) in [5.74, 6) is 0. The topological polar surface area (TPSA) is 9.23 Å². The van der Waals surface area contributed by atoms with Gasteiger partial charge in [0.2, 0.25) is 9.04 Å². The highest BCUT2D eigenvalue weighted by atomic mass is 28.4. The van der Waals surface area contributed by atoms with Crippen molar-refractivity contribution < 1.29 is 4.43 Å². The van der Waals surface area contributed by atoms with Crippen molar-refractivity contribution in [3.63, 3.8) is 0 Å². The van der Waals surface area contributed by atoms with E-state index in [1.54, 1.807) is 0 Å². The lowest BCUT2D eigenvalue weighted by Gasteiger charge is -2.63. The van der Waals surface area contributed by atoms with E-state index >= 15 is 0 Å². The van der Waals surface area contributed by atoms with E-state index in [9.17, 15) is 0 Å². The first-order valence-electron chi connectivity index (χ1n) is 3.68.